The molecule has 4 rings (SSSR count). The van der Waals surface area contributed by atoms with Gasteiger partial charge in [-0.1, -0.05) is 17.7 Å². The highest BCUT2D eigenvalue weighted by molar-refractivity contribution is 6.36. The first-order valence-electron chi connectivity index (χ1n) is 9.96. The van der Waals surface area contributed by atoms with Gasteiger partial charge in [-0.2, -0.15) is 10.2 Å². The molecule has 1 unspecified atom stereocenters. The molecule has 0 aliphatic carbocycles. The number of nitriles is 1. The zero-order chi connectivity index (χ0) is 23.4. The maximum absolute atomic E-state index is 12.8. The molecule has 0 radical (unpaired) electrons. The molecule has 0 bridgehead atoms. The number of aromatic nitrogens is 4. The maximum Gasteiger partial charge on any atom is 0.253 e. The van der Waals surface area contributed by atoms with E-state index in [9.17, 15) is 4.79 Å². The van der Waals surface area contributed by atoms with Gasteiger partial charge in [-0.15, -0.1) is 0 Å². The van der Waals surface area contributed by atoms with Gasteiger partial charge in [-0.25, -0.2) is 4.98 Å². The van der Waals surface area contributed by atoms with E-state index >= 15 is 0 Å². The van der Waals surface area contributed by atoms with Gasteiger partial charge in [0, 0.05) is 17.1 Å². The molecule has 4 aromatic rings. The van der Waals surface area contributed by atoms with Crippen LogP contribution in [-0.4, -0.2) is 27.0 Å². The Morgan fingerprint density at radius 1 is 1.27 bits per heavy atom. The van der Waals surface area contributed by atoms with Crippen LogP contribution in [0, 0.1) is 11.3 Å². The fraction of sp³-hybridized carbons (Fsp3) is 0.174. The minimum atomic E-state index is -0.436. The van der Waals surface area contributed by atoms with Crippen molar-refractivity contribution < 1.29 is 9.47 Å². The lowest BCUT2D eigenvalue weighted by molar-refractivity contribution is 0.302. The molecule has 2 N–H and O–H groups in total. The molecule has 1 aromatic carbocycles. The van der Waals surface area contributed by atoms with Gasteiger partial charge in [-0.3, -0.25) is 9.78 Å². The van der Waals surface area contributed by atoms with Crippen LogP contribution in [0.4, 0.5) is 5.95 Å². The molecule has 0 saturated heterocycles. The number of nitrogens with zero attached hydrogens (tertiary/aromatic N) is 4. The molecule has 0 fully saturated rings. The van der Waals surface area contributed by atoms with E-state index in [4.69, 9.17) is 26.3 Å². The molecule has 3 aromatic heterocycles. The number of anilines is 1. The smallest absolute Gasteiger partial charge is 0.253 e. The number of pyridine rings is 2. The topological polar surface area (TPSA) is 126 Å². The van der Waals surface area contributed by atoms with E-state index in [0.29, 0.717) is 21.9 Å². The summed E-state index contributed by atoms with van der Waals surface area (Å²) in [6.07, 6.45) is 3.05. The first-order chi connectivity index (χ1) is 16.0. The molecule has 0 amide bonds. The average molecular weight is 463 g/mol. The number of methoxy groups -OCH3 is 1. The molecule has 9 nitrogen and oxygen atoms in total. The van der Waals surface area contributed by atoms with Crippen LogP contribution in [0.3, 0.4) is 0 Å². The summed E-state index contributed by atoms with van der Waals surface area (Å²) in [5, 5.41) is 13.2. The largest absolute Gasteiger partial charge is 0.486 e. The van der Waals surface area contributed by atoms with Crippen LogP contribution in [0.1, 0.15) is 29.8 Å². The Morgan fingerprint density at radius 3 is 2.85 bits per heavy atom. The minimum absolute atomic E-state index is 0.152. The third-order valence-electron chi connectivity index (χ3n) is 4.93. The molecular weight excluding hydrogens is 444 g/mol. The van der Waals surface area contributed by atoms with E-state index in [2.05, 4.69) is 25.3 Å². The van der Waals surface area contributed by atoms with E-state index in [-0.39, 0.29) is 29.6 Å². The van der Waals surface area contributed by atoms with Gasteiger partial charge in [0.15, 0.2) is 0 Å². The summed E-state index contributed by atoms with van der Waals surface area (Å²) in [5.41, 5.74) is 1.61. The van der Waals surface area contributed by atoms with Gasteiger partial charge >= 0.3 is 0 Å². The van der Waals surface area contributed by atoms with Gasteiger partial charge in [0.1, 0.15) is 29.0 Å². The Morgan fingerprint density at radius 2 is 2.12 bits per heavy atom. The fourth-order valence-electron chi connectivity index (χ4n) is 3.25. The summed E-state index contributed by atoms with van der Waals surface area (Å²) in [7, 11) is 1.42. The lowest BCUT2D eigenvalue weighted by Gasteiger charge is -2.15. The quantitative estimate of drug-likeness (QED) is 0.422. The molecular formula is C23H19ClN6O3. The van der Waals surface area contributed by atoms with Crippen molar-refractivity contribution in [3.8, 4) is 17.7 Å². The third-order valence-corrected chi connectivity index (χ3v) is 5.31. The second-order valence-electron chi connectivity index (χ2n) is 7.10. The van der Waals surface area contributed by atoms with Crippen LogP contribution in [0.25, 0.3) is 10.9 Å². The van der Waals surface area contributed by atoms with Crippen molar-refractivity contribution in [2.24, 2.45) is 0 Å². The zero-order valence-electron chi connectivity index (χ0n) is 17.8. The standard InChI is InChI=1S/C23H19ClN6O3/c1-13(28-23-27-11-15(10-25)22(30-23)32-2)17-9-14-6-7-18(19(24)20(14)29-21(17)31)33-12-16-5-3-4-8-26-16/h3-9,11,13H,12H2,1-2H3,(H,29,31)(H,27,28,30). The molecule has 0 saturated carbocycles. The highest BCUT2D eigenvalue weighted by Crippen LogP contribution is 2.32. The normalized spacial score (nSPS) is 11.6. The van der Waals surface area contributed by atoms with E-state index < -0.39 is 6.04 Å². The Balaban J connectivity index is 1.58. The summed E-state index contributed by atoms with van der Waals surface area (Å²) < 4.78 is 10.9. The lowest BCUT2D eigenvalue weighted by Crippen LogP contribution is -2.20. The Hall–Kier alpha value is -4.16. The molecule has 0 aliphatic rings. The van der Waals surface area contributed by atoms with Crippen molar-refractivity contribution in [3.63, 3.8) is 0 Å². The number of benzene rings is 1. The predicted molar refractivity (Wildman–Crippen MR) is 123 cm³/mol. The number of rotatable bonds is 7. The van der Waals surface area contributed by atoms with E-state index in [1.54, 1.807) is 25.3 Å². The van der Waals surface area contributed by atoms with Gasteiger partial charge in [0.2, 0.25) is 11.8 Å². The van der Waals surface area contributed by atoms with Crippen molar-refractivity contribution in [3.05, 3.63) is 81.0 Å². The van der Waals surface area contributed by atoms with Crippen molar-refractivity contribution in [2.75, 3.05) is 12.4 Å². The highest BCUT2D eigenvalue weighted by Gasteiger charge is 2.16. The molecule has 3 heterocycles. The molecule has 10 heteroatoms. The third kappa shape index (κ3) is 4.71. The van der Waals surface area contributed by atoms with Crippen molar-refractivity contribution >= 4 is 28.5 Å². The van der Waals surface area contributed by atoms with Gasteiger partial charge in [0.25, 0.3) is 5.56 Å². The van der Waals surface area contributed by atoms with E-state index in [1.807, 2.05) is 30.3 Å². The second kappa shape index (κ2) is 9.54. The average Bonchev–Trinajstić information content (AvgIpc) is 2.84. The summed E-state index contributed by atoms with van der Waals surface area (Å²) >= 11 is 6.51. The first-order valence-corrected chi connectivity index (χ1v) is 10.3. The van der Waals surface area contributed by atoms with E-state index in [1.165, 1.54) is 13.3 Å². The Kier molecular flexibility index (Phi) is 6.38. The number of H-pyrrole nitrogens is 1. The number of fused-ring (bicyclic) bond motifs is 1. The Labute approximate surface area is 194 Å². The van der Waals surface area contributed by atoms with Crippen molar-refractivity contribution in [1.82, 2.24) is 19.9 Å². The summed E-state index contributed by atoms with van der Waals surface area (Å²) in [4.78, 5) is 28.2. The number of ether oxygens (including phenoxy) is 2. The van der Waals surface area contributed by atoms with E-state index in [0.717, 1.165) is 11.1 Å². The predicted octanol–water partition coefficient (Wildman–Crippen LogP) is 4.00. The van der Waals surface area contributed by atoms with Gasteiger partial charge in [0.05, 0.1) is 30.6 Å². The molecule has 0 spiro atoms. The summed E-state index contributed by atoms with van der Waals surface area (Å²) in [5.74, 6) is 0.830. The van der Waals surface area contributed by atoms with Crippen molar-refractivity contribution in [1.29, 1.82) is 5.26 Å². The second-order valence-corrected chi connectivity index (χ2v) is 7.48. The number of hydrogen-bond donors (Lipinski definition) is 2. The number of aromatic amines is 1. The minimum Gasteiger partial charge on any atom is -0.486 e. The fourth-order valence-corrected chi connectivity index (χ4v) is 3.52. The highest BCUT2D eigenvalue weighted by atomic mass is 35.5. The SMILES string of the molecule is COc1nc(NC(C)c2cc3ccc(OCc4ccccn4)c(Cl)c3[nH]c2=O)ncc1C#N. The Bertz CT molecular complexity index is 1400. The summed E-state index contributed by atoms with van der Waals surface area (Å²) in [6.45, 7) is 2.06. The summed E-state index contributed by atoms with van der Waals surface area (Å²) in [6, 6.07) is 12.4. The number of halogens is 1. The van der Waals surface area contributed by atoms with Crippen LogP contribution < -0.4 is 20.3 Å². The number of nitrogens with one attached hydrogen (secondary N) is 2. The lowest BCUT2D eigenvalue weighted by atomic mass is 10.1. The van der Waals surface area contributed by atoms with Gasteiger partial charge in [-0.05, 0) is 37.3 Å². The van der Waals surface area contributed by atoms with Crippen LogP contribution in [-0.2, 0) is 6.61 Å². The maximum atomic E-state index is 12.8. The first kappa shape index (κ1) is 22.0. The van der Waals surface area contributed by atoms with Crippen LogP contribution >= 0.6 is 11.6 Å². The molecule has 166 valence electrons. The number of hydrogen-bond acceptors (Lipinski definition) is 8. The van der Waals surface area contributed by atoms with Crippen LogP contribution in [0.5, 0.6) is 11.6 Å². The van der Waals surface area contributed by atoms with Crippen LogP contribution in [0.15, 0.2) is 53.6 Å². The molecule has 0 aliphatic heterocycles. The van der Waals surface area contributed by atoms with Gasteiger partial charge < -0.3 is 19.8 Å². The molecule has 33 heavy (non-hydrogen) atoms. The zero-order valence-corrected chi connectivity index (χ0v) is 18.6. The van der Waals surface area contributed by atoms with Crippen molar-refractivity contribution in [2.45, 2.75) is 19.6 Å². The molecule has 1 atom stereocenters. The monoisotopic (exact) mass is 462 g/mol. The van der Waals surface area contributed by atoms with Crippen LogP contribution in [0.2, 0.25) is 5.02 Å².